The van der Waals surface area contributed by atoms with Crippen LogP contribution in [0.1, 0.15) is 20.8 Å². The van der Waals surface area contributed by atoms with Gasteiger partial charge in [0.25, 0.3) is 5.82 Å². The van der Waals surface area contributed by atoms with Crippen molar-refractivity contribution in [2.45, 2.75) is 20.8 Å². The molecule has 0 saturated heterocycles. The fourth-order valence-corrected chi connectivity index (χ4v) is 3.67. The third-order valence-corrected chi connectivity index (χ3v) is 5.47. The first kappa shape index (κ1) is 20.0. The van der Waals surface area contributed by atoms with E-state index in [1.807, 2.05) is 51.1 Å². The van der Waals surface area contributed by atoms with Crippen LogP contribution in [0.3, 0.4) is 0 Å². The third kappa shape index (κ3) is 3.53. The molecule has 1 aliphatic heterocycles. The number of likely N-dealkylation sites (N-methyl/N-ethyl adjacent to an activating group) is 1. The van der Waals surface area contributed by atoms with E-state index in [-0.39, 0.29) is 10.5 Å². The average molecular weight is 422 g/mol. The maximum atomic E-state index is 13.0. The molecular formula is C22H22ClN6O+. The van der Waals surface area contributed by atoms with Crippen LogP contribution in [0.4, 0.5) is 17.5 Å². The molecule has 0 radical (unpaired) electrons. The summed E-state index contributed by atoms with van der Waals surface area (Å²) in [4.78, 5) is 26.4. The Kier molecular flexibility index (Phi) is 5.24. The molecule has 7 nitrogen and oxygen atoms in total. The van der Waals surface area contributed by atoms with Crippen LogP contribution < -0.4 is 15.3 Å². The van der Waals surface area contributed by atoms with Gasteiger partial charge in [-0.05, 0) is 51.1 Å². The van der Waals surface area contributed by atoms with Crippen molar-refractivity contribution in [2.75, 3.05) is 11.9 Å². The Hall–Kier alpha value is -3.29. The van der Waals surface area contributed by atoms with E-state index in [0.717, 1.165) is 28.2 Å². The van der Waals surface area contributed by atoms with Crippen LogP contribution in [-0.4, -0.2) is 27.4 Å². The van der Waals surface area contributed by atoms with E-state index in [1.54, 1.807) is 24.5 Å². The molecule has 3 aromatic rings. The summed E-state index contributed by atoms with van der Waals surface area (Å²) in [5, 5.41) is 3.79. The van der Waals surface area contributed by atoms with E-state index >= 15 is 0 Å². The molecule has 2 N–H and O–H groups in total. The van der Waals surface area contributed by atoms with Gasteiger partial charge < -0.3 is 5.32 Å². The zero-order chi connectivity index (χ0) is 21.3. The molecular weight excluding hydrogens is 400 g/mol. The van der Waals surface area contributed by atoms with Crippen molar-refractivity contribution in [3.63, 3.8) is 0 Å². The van der Waals surface area contributed by atoms with Gasteiger partial charge in [0.15, 0.2) is 0 Å². The molecule has 0 spiro atoms. The van der Waals surface area contributed by atoms with E-state index < -0.39 is 0 Å². The lowest BCUT2D eigenvalue weighted by molar-refractivity contribution is -0.126. The minimum atomic E-state index is -0.0375. The minimum Gasteiger partial charge on any atom is -0.324 e. The maximum absolute atomic E-state index is 13.0. The van der Waals surface area contributed by atoms with Gasteiger partial charge >= 0.3 is 5.91 Å². The number of carbonyl (C=O) groups excluding carboxylic acids is 1. The van der Waals surface area contributed by atoms with Crippen LogP contribution in [0.5, 0.6) is 0 Å². The van der Waals surface area contributed by atoms with Gasteiger partial charge in [0, 0.05) is 34.7 Å². The van der Waals surface area contributed by atoms with Crippen LogP contribution in [0.25, 0.3) is 11.3 Å². The molecule has 1 amide bonds. The first-order valence-corrected chi connectivity index (χ1v) is 10.0. The van der Waals surface area contributed by atoms with Gasteiger partial charge in [-0.3, -0.25) is 0 Å². The molecule has 1 atom stereocenters. The third-order valence-electron chi connectivity index (χ3n) is 5.23. The van der Waals surface area contributed by atoms with E-state index in [1.165, 1.54) is 0 Å². The molecule has 4 rings (SSSR count). The van der Waals surface area contributed by atoms with Gasteiger partial charge in [0.05, 0.1) is 17.0 Å². The Morgan fingerprint density at radius 1 is 1.10 bits per heavy atom. The number of benzene rings is 1. The van der Waals surface area contributed by atoms with Gasteiger partial charge in [0.1, 0.15) is 6.54 Å². The topological polar surface area (TPSA) is 79.8 Å². The number of carbonyl (C=O) groups is 1. The molecule has 2 aromatic heterocycles. The summed E-state index contributed by atoms with van der Waals surface area (Å²) in [6.07, 6.45) is 3.39. The monoisotopic (exact) mass is 421 g/mol. The van der Waals surface area contributed by atoms with Crippen molar-refractivity contribution >= 4 is 35.0 Å². The number of nitrogens with zero attached hydrogens (tertiary/aromatic N) is 4. The summed E-state index contributed by atoms with van der Waals surface area (Å²) < 4.78 is -0.0375. The highest BCUT2D eigenvalue weighted by Crippen LogP contribution is 2.31. The number of amides is 1. The lowest BCUT2D eigenvalue weighted by Gasteiger charge is -2.28. The molecule has 8 heteroatoms. The van der Waals surface area contributed by atoms with E-state index in [0.29, 0.717) is 23.3 Å². The molecule has 1 unspecified atom stereocenters. The molecule has 30 heavy (non-hydrogen) atoms. The number of rotatable bonds is 5. The standard InChI is InChI=1S/C22H21ClN6O/c1-4-29(21(30)14(2)15(3)28-29)20-12-16(8-10-24-20)19-9-11-25-22(27-19)26-18-7-5-6-17(23)13-18/h5-13H,4H2,1-3H3,(H-,25,26,27,28,30)/p+1. The number of anilines is 2. The maximum Gasteiger partial charge on any atom is 0.374 e. The molecule has 3 heterocycles. The van der Waals surface area contributed by atoms with Crippen LogP contribution in [-0.2, 0) is 4.79 Å². The smallest absolute Gasteiger partial charge is 0.324 e. The zero-order valence-corrected chi connectivity index (χ0v) is 17.7. The van der Waals surface area contributed by atoms with Crippen LogP contribution in [0.15, 0.2) is 66.1 Å². The van der Waals surface area contributed by atoms with Crippen molar-refractivity contribution in [2.24, 2.45) is 0 Å². The predicted octanol–water partition coefficient (Wildman–Crippen LogP) is 4.60. The summed E-state index contributed by atoms with van der Waals surface area (Å²) in [6.45, 7) is 6.24. The number of nitrogens with one attached hydrogen (secondary N) is 2. The zero-order valence-electron chi connectivity index (χ0n) is 17.0. The van der Waals surface area contributed by atoms with Crippen molar-refractivity contribution in [1.82, 2.24) is 25.0 Å². The van der Waals surface area contributed by atoms with Crippen LogP contribution >= 0.6 is 11.6 Å². The summed E-state index contributed by atoms with van der Waals surface area (Å²) >= 11 is 6.05. The first-order chi connectivity index (χ1) is 14.4. The van der Waals surface area contributed by atoms with Crippen molar-refractivity contribution in [3.8, 4) is 11.3 Å². The summed E-state index contributed by atoms with van der Waals surface area (Å²) in [5.41, 5.74) is 7.26. The highest BCUT2D eigenvalue weighted by Gasteiger charge is 2.46. The second kappa shape index (κ2) is 7.85. The van der Waals surface area contributed by atoms with Crippen LogP contribution in [0, 0.1) is 0 Å². The van der Waals surface area contributed by atoms with Crippen molar-refractivity contribution in [3.05, 3.63) is 71.2 Å². The number of pyridine rings is 1. The quantitative estimate of drug-likeness (QED) is 0.586. The Labute approximate surface area is 180 Å². The average Bonchev–Trinajstić information content (AvgIpc) is 2.98. The Balaban J connectivity index is 1.67. The van der Waals surface area contributed by atoms with E-state index in [9.17, 15) is 4.79 Å². The minimum absolute atomic E-state index is 0.00523. The fourth-order valence-electron chi connectivity index (χ4n) is 3.48. The summed E-state index contributed by atoms with van der Waals surface area (Å²) in [7, 11) is 0. The molecule has 0 saturated carbocycles. The summed E-state index contributed by atoms with van der Waals surface area (Å²) in [6, 6.07) is 13.0. The number of halogens is 1. The number of hydrogen-bond acceptors (Lipinski definition) is 6. The molecule has 152 valence electrons. The Morgan fingerprint density at radius 2 is 1.90 bits per heavy atom. The largest absolute Gasteiger partial charge is 0.374 e. The first-order valence-electron chi connectivity index (χ1n) is 9.64. The van der Waals surface area contributed by atoms with Gasteiger partial charge in [-0.1, -0.05) is 17.7 Å². The number of allylic oxidation sites excluding steroid dienone is 1. The van der Waals surface area contributed by atoms with E-state index in [4.69, 9.17) is 11.6 Å². The van der Waals surface area contributed by atoms with Gasteiger partial charge in [-0.2, -0.15) is 0 Å². The van der Waals surface area contributed by atoms with E-state index in [2.05, 4.69) is 25.7 Å². The van der Waals surface area contributed by atoms with Gasteiger partial charge in [0.2, 0.25) is 5.95 Å². The number of quaternary nitrogens is 1. The molecule has 0 bridgehead atoms. The summed E-state index contributed by atoms with van der Waals surface area (Å²) in [5.74, 6) is 1.08. The van der Waals surface area contributed by atoms with Crippen molar-refractivity contribution in [1.29, 1.82) is 0 Å². The molecule has 1 aliphatic rings. The van der Waals surface area contributed by atoms with Gasteiger partial charge in [-0.25, -0.2) is 25.2 Å². The molecule has 1 aromatic carbocycles. The molecule has 0 aliphatic carbocycles. The van der Waals surface area contributed by atoms with Crippen molar-refractivity contribution < 1.29 is 4.79 Å². The lowest BCUT2D eigenvalue weighted by atomic mass is 10.1. The highest BCUT2D eigenvalue weighted by molar-refractivity contribution is 6.30. The second-order valence-corrected chi connectivity index (χ2v) is 7.53. The predicted molar refractivity (Wildman–Crippen MR) is 119 cm³/mol. The fraction of sp³-hybridized carbons (Fsp3) is 0.182. The molecule has 0 fully saturated rings. The Bertz CT molecular complexity index is 1160. The normalized spacial score (nSPS) is 18.5. The van der Waals surface area contributed by atoms with Gasteiger partial charge in [-0.15, -0.1) is 4.59 Å². The lowest BCUT2D eigenvalue weighted by Crippen LogP contribution is -2.59. The number of hydrogen-bond donors (Lipinski definition) is 2. The second-order valence-electron chi connectivity index (χ2n) is 7.10. The highest BCUT2D eigenvalue weighted by atomic mass is 35.5. The SMILES string of the molecule is CC[N+]1(c2cc(-c3ccnc(Nc4cccc(Cl)c4)n3)ccn2)NC(C)=C(C)C1=O. The van der Waals surface area contributed by atoms with Crippen LogP contribution in [0.2, 0.25) is 5.02 Å². The Morgan fingerprint density at radius 3 is 2.60 bits per heavy atom. The number of aromatic nitrogens is 3.